The van der Waals surface area contributed by atoms with E-state index < -0.39 is 0 Å². The summed E-state index contributed by atoms with van der Waals surface area (Å²) in [5, 5.41) is 4.24. The van der Waals surface area contributed by atoms with Crippen LogP contribution in [0, 0.1) is 11.8 Å². The summed E-state index contributed by atoms with van der Waals surface area (Å²) in [5.41, 5.74) is 0. The van der Waals surface area contributed by atoms with Crippen LogP contribution in [-0.2, 0) is 4.79 Å². The van der Waals surface area contributed by atoms with Crippen molar-refractivity contribution < 1.29 is 4.79 Å². The number of piperidine rings is 1. The molecule has 4 atom stereocenters. The van der Waals surface area contributed by atoms with Crippen molar-refractivity contribution in [2.24, 2.45) is 11.8 Å². The molecule has 2 rings (SSSR count). The zero-order chi connectivity index (χ0) is 15.2. The minimum Gasteiger partial charge on any atom is -0.343 e. The van der Waals surface area contributed by atoms with Crippen LogP contribution < -0.4 is 5.32 Å². The van der Waals surface area contributed by atoms with Gasteiger partial charge in [0.25, 0.3) is 0 Å². The van der Waals surface area contributed by atoms with E-state index in [0.717, 1.165) is 24.8 Å². The Labute approximate surface area is 146 Å². The lowest BCUT2D eigenvalue weighted by molar-refractivity contribution is -0.133. The fourth-order valence-electron chi connectivity index (χ4n) is 3.81. The van der Waals surface area contributed by atoms with Crippen molar-refractivity contribution in [2.75, 3.05) is 25.9 Å². The average Bonchev–Trinajstić information content (AvgIpc) is 2.96. The van der Waals surface area contributed by atoms with Gasteiger partial charge in [-0.25, -0.2) is 0 Å². The number of halogens is 1. The number of nitrogens with one attached hydrogen (secondary N) is 1. The Bertz CT molecular complexity index is 337. The number of thioether (sulfide) groups is 1. The number of hydrogen-bond donors (Lipinski definition) is 1. The third-order valence-corrected chi connectivity index (χ3v) is 6.57. The number of hydrogen-bond acceptors (Lipinski definition) is 3. The molecule has 0 spiro atoms. The van der Waals surface area contributed by atoms with E-state index in [1.54, 1.807) is 0 Å². The molecule has 0 aromatic heterocycles. The highest BCUT2D eigenvalue weighted by Gasteiger charge is 2.31. The Morgan fingerprint density at radius 2 is 2.14 bits per heavy atom. The summed E-state index contributed by atoms with van der Waals surface area (Å²) in [6.45, 7) is 6.73. The number of nitrogens with zero attached hydrogens (tertiary/aromatic N) is 1. The van der Waals surface area contributed by atoms with Crippen LogP contribution in [0.2, 0.25) is 0 Å². The van der Waals surface area contributed by atoms with Gasteiger partial charge in [0, 0.05) is 24.8 Å². The summed E-state index contributed by atoms with van der Waals surface area (Å²) >= 11 is 2.06. The van der Waals surface area contributed by atoms with Crippen LogP contribution in [0.25, 0.3) is 0 Å². The second kappa shape index (κ2) is 10.0. The standard InChI is InChI=1S/C17H32N2OS.ClH/c1-4-21-16-8-7-15(11-16)19(3)17(20)10-13(2)14-6-5-9-18-12-14;/h13-16,18H,4-12H2,1-3H3;1H. The van der Waals surface area contributed by atoms with Crippen LogP contribution >= 0.6 is 24.2 Å². The monoisotopic (exact) mass is 348 g/mol. The highest BCUT2D eigenvalue weighted by Crippen LogP contribution is 2.33. The molecule has 1 aliphatic heterocycles. The van der Waals surface area contributed by atoms with Crippen molar-refractivity contribution >= 4 is 30.1 Å². The third kappa shape index (κ3) is 5.61. The molecule has 1 amide bonds. The van der Waals surface area contributed by atoms with Gasteiger partial charge in [-0.1, -0.05) is 13.8 Å². The predicted octanol–water partition coefficient (Wildman–Crippen LogP) is 3.57. The third-order valence-electron chi connectivity index (χ3n) is 5.34. The van der Waals surface area contributed by atoms with E-state index in [1.165, 1.54) is 37.9 Å². The molecule has 1 saturated carbocycles. The van der Waals surface area contributed by atoms with Gasteiger partial charge < -0.3 is 10.2 Å². The van der Waals surface area contributed by atoms with E-state index in [1.807, 2.05) is 7.05 Å². The molecular formula is C17H33ClN2OS. The summed E-state index contributed by atoms with van der Waals surface area (Å²) in [7, 11) is 2.03. The second-order valence-corrected chi connectivity index (χ2v) is 8.41. The Morgan fingerprint density at radius 3 is 2.77 bits per heavy atom. The van der Waals surface area contributed by atoms with Crippen LogP contribution in [0.3, 0.4) is 0 Å². The topological polar surface area (TPSA) is 32.3 Å². The number of carbonyl (C=O) groups is 1. The predicted molar refractivity (Wildman–Crippen MR) is 99.0 cm³/mol. The summed E-state index contributed by atoms with van der Waals surface area (Å²) in [4.78, 5) is 14.6. The van der Waals surface area contributed by atoms with E-state index in [4.69, 9.17) is 0 Å². The van der Waals surface area contributed by atoms with Crippen molar-refractivity contribution in [2.45, 2.75) is 63.7 Å². The number of amides is 1. The van der Waals surface area contributed by atoms with E-state index in [-0.39, 0.29) is 12.4 Å². The van der Waals surface area contributed by atoms with E-state index in [9.17, 15) is 4.79 Å². The second-order valence-electron chi connectivity index (χ2n) is 6.84. The molecule has 1 aliphatic carbocycles. The molecule has 0 aromatic carbocycles. The van der Waals surface area contributed by atoms with E-state index in [0.29, 0.717) is 23.8 Å². The van der Waals surface area contributed by atoms with Gasteiger partial charge in [-0.15, -0.1) is 12.4 Å². The maximum atomic E-state index is 12.5. The highest BCUT2D eigenvalue weighted by molar-refractivity contribution is 7.99. The largest absolute Gasteiger partial charge is 0.343 e. The normalized spacial score (nSPS) is 29.7. The van der Waals surface area contributed by atoms with Gasteiger partial charge in [0.15, 0.2) is 0 Å². The first-order valence-electron chi connectivity index (χ1n) is 8.69. The number of carbonyl (C=O) groups excluding carboxylic acids is 1. The SMILES string of the molecule is CCSC1CCC(N(C)C(=O)CC(C)C2CCCNC2)C1.Cl. The lowest BCUT2D eigenvalue weighted by atomic mass is 9.85. The maximum Gasteiger partial charge on any atom is 0.222 e. The lowest BCUT2D eigenvalue weighted by Crippen LogP contribution is -2.39. The minimum absolute atomic E-state index is 0. The zero-order valence-corrected chi connectivity index (χ0v) is 16.0. The van der Waals surface area contributed by atoms with Crippen molar-refractivity contribution in [3.05, 3.63) is 0 Å². The molecular weight excluding hydrogens is 316 g/mol. The minimum atomic E-state index is 0. The van der Waals surface area contributed by atoms with Crippen LogP contribution in [0.1, 0.15) is 52.4 Å². The quantitative estimate of drug-likeness (QED) is 0.796. The van der Waals surface area contributed by atoms with E-state index >= 15 is 0 Å². The molecule has 2 aliphatic rings. The summed E-state index contributed by atoms with van der Waals surface area (Å²) < 4.78 is 0. The van der Waals surface area contributed by atoms with E-state index in [2.05, 4.69) is 35.8 Å². The molecule has 0 aromatic rings. The Kier molecular flexibility index (Phi) is 9.18. The molecule has 4 unspecified atom stereocenters. The van der Waals surface area contributed by atoms with Crippen molar-refractivity contribution in [3.8, 4) is 0 Å². The molecule has 1 saturated heterocycles. The Morgan fingerprint density at radius 1 is 1.36 bits per heavy atom. The fourth-order valence-corrected chi connectivity index (χ4v) is 4.94. The fraction of sp³-hybridized carbons (Fsp3) is 0.941. The van der Waals surface area contributed by atoms with Gasteiger partial charge in [-0.2, -0.15) is 11.8 Å². The molecule has 3 nitrogen and oxygen atoms in total. The number of rotatable bonds is 6. The van der Waals surface area contributed by atoms with Gasteiger partial charge >= 0.3 is 0 Å². The Balaban J connectivity index is 0.00000242. The first-order chi connectivity index (χ1) is 10.1. The smallest absolute Gasteiger partial charge is 0.222 e. The molecule has 1 heterocycles. The van der Waals surface area contributed by atoms with Crippen molar-refractivity contribution in [1.82, 2.24) is 10.2 Å². The van der Waals surface area contributed by atoms with Gasteiger partial charge in [-0.05, 0) is 62.8 Å². The van der Waals surface area contributed by atoms with Gasteiger partial charge in [-0.3, -0.25) is 4.79 Å². The molecule has 0 bridgehead atoms. The molecule has 1 N–H and O–H groups in total. The van der Waals surface area contributed by atoms with Crippen LogP contribution in [0.15, 0.2) is 0 Å². The molecule has 130 valence electrons. The highest BCUT2D eigenvalue weighted by atomic mass is 35.5. The first-order valence-corrected chi connectivity index (χ1v) is 9.74. The van der Waals surface area contributed by atoms with Crippen molar-refractivity contribution in [3.63, 3.8) is 0 Å². The average molecular weight is 349 g/mol. The van der Waals surface area contributed by atoms with Crippen LogP contribution in [-0.4, -0.2) is 48.0 Å². The summed E-state index contributed by atoms with van der Waals surface area (Å²) in [6.07, 6.45) is 6.94. The van der Waals surface area contributed by atoms with Crippen LogP contribution in [0.4, 0.5) is 0 Å². The molecule has 0 radical (unpaired) electrons. The first kappa shape index (κ1) is 20.1. The van der Waals surface area contributed by atoms with Crippen molar-refractivity contribution in [1.29, 1.82) is 0 Å². The summed E-state index contributed by atoms with van der Waals surface area (Å²) in [6, 6.07) is 0.484. The molecule has 2 fully saturated rings. The maximum absolute atomic E-state index is 12.5. The van der Waals surface area contributed by atoms with Gasteiger partial charge in [0.2, 0.25) is 5.91 Å². The van der Waals surface area contributed by atoms with Gasteiger partial charge in [0.1, 0.15) is 0 Å². The Hall–Kier alpha value is 0.0700. The summed E-state index contributed by atoms with van der Waals surface area (Å²) in [5.74, 6) is 2.75. The molecule has 22 heavy (non-hydrogen) atoms. The molecule has 5 heteroatoms. The van der Waals surface area contributed by atoms with Crippen LogP contribution in [0.5, 0.6) is 0 Å². The zero-order valence-electron chi connectivity index (χ0n) is 14.3. The van der Waals surface area contributed by atoms with Gasteiger partial charge in [0.05, 0.1) is 0 Å². The lowest BCUT2D eigenvalue weighted by Gasteiger charge is -2.31.